The number of rotatable bonds is 2. The van der Waals surface area contributed by atoms with Crippen molar-refractivity contribution >= 4 is 17.6 Å². The summed E-state index contributed by atoms with van der Waals surface area (Å²) in [5.74, 6) is -3.25. The molecule has 0 spiro atoms. The van der Waals surface area contributed by atoms with E-state index in [1.54, 1.807) is 0 Å². The Bertz CT molecular complexity index is 355. The van der Waals surface area contributed by atoms with Gasteiger partial charge in [0.05, 0.1) is 5.92 Å². The largest absolute Gasteiger partial charge is 0.506 e. The van der Waals surface area contributed by atoms with E-state index in [1.807, 2.05) is 0 Å². The highest BCUT2D eigenvalue weighted by atomic mass is 35.5. The number of carboxylic acids is 1. The van der Waals surface area contributed by atoms with Gasteiger partial charge in [-0.15, -0.1) is 0 Å². The second-order valence-electron chi connectivity index (χ2n) is 2.90. The van der Waals surface area contributed by atoms with E-state index >= 15 is 0 Å². The van der Waals surface area contributed by atoms with Crippen LogP contribution >= 0.6 is 11.6 Å². The number of hydrogen-bond donors (Lipinski definition) is 2. The first-order chi connectivity index (χ1) is 6.43. The number of aromatic hydroxyl groups is 1. The molecule has 0 aromatic heterocycles. The maximum atomic E-state index is 13.0. The Hall–Kier alpha value is -1.29. The van der Waals surface area contributed by atoms with E-state index in [9.17, 15) is 9.18 Å². The van der Waals surface area contributed by atoms with Gasteiger partial charge in [-0.3, -0.25) is 4.79 Å². The Morgan fingerprint density at radius 3 is 2.57 bits per heavy atom. The fourth-order valence-corrected chi connectivity index (χ4v) is 1.10. The number of carbonyl (C=O) groups is 1. The molecule has 0 aliphatic rings. The molecule has 1 unspecified atom stereocenters. The van der Waals surface area contributed by atoms with Crippen LogP contribution in [0.2, 0.25) is 5.02 Å². The van der Waals surface area contributed by atoms with Crippen molar-refractivity contribution in [1.29, 1.82) is 0 Å². The van der Waals surface area contributed by atoms with E-state index < -0.39 is 28.5 Å². The molecule has 76 valence electrons. The monoisotopic (exact) mass is 218 g/mol. The lowest BCUT2D eigenvalue weighted by atomic mass is 10.0. The molecule has 2 N–H and O–H groups in total. The predicted molar refractivity (Wildman–Crippen MR) is 49.1 cm³/mol. The molecule has 1 aromatic carbocycles. The highest BCUT2D eigenvalue weighted by molar-refractivity contribution is 6.32. The van der Waals surface area contributed by atoms with Crippen LogP contribution < -0.4 is 0 Å². The van der Waals surface area contributed by atoms with E-state index in [0.717, 1.165) is 12.1 Å². The molecule has 0 bridgehead atoms. The average Bonchev–Trinajstić information content (AvgIpc) is 2.12. The van der Waals surface area contributed by atoms with Crippen molar-refractivity contribution in [1.82, 2.24) is 0 Å². The molecule has 0 radical (unpaired) electrons. The molecule has 3 nitrogen and oxygen atoms in total. The second kappa shape index (κ2) is 3.84. The summed E-state index contributed by atoms with van der Waals surface area (Å²) in [6, 6.07) is 2.14. The summed E-state index contributed by atoms with van der Waals surface area (Å²) in [6.45, 7) is 1.39. The molecular formula is C9H8ClFO3. The summed E-state index contributed by atoms with van der Waals surface area (Å²) in [7, 11) is 0. The van der Waals surface area contributed by atoms with Gasteiger partial charge in [0, 0.05) is 0 Å². The quantitative estimate of drug-likeness (QED) is 0.801. The number of benzene rings is 1. The lowest BCUT2D eigenvalue weighted by Crippen LogP contribution is -2.07. The zero-order valence-electron chi connectivity index (χ0n) is 7.29. The summed E-state index contributed by atoms with van der Waals surface area (Å²) in [6.07, 6.45) is 0. The van der Waals surface area contributed by atoms with Crippen LogP contribution in [0.15, 0.2) is 12.1 Å². The Kier molecular flexibility index (Phi) is 2.96. The molecule has 0 amide bonds. The van der Waals surface area contributed by atoms with Crippen LogP contribution in [0, 0.1) is 5.82 Å². The molecule has 0 aliphatic carbocycles. The van der Waals surface area contributed by atoms with Crippen LogP contribution in [0.1, 0.15) is 18.4 Å². The topological polar surface area (TPSA) is 57.5 Å². The van der Waals surface area contributed by atoms with E-state index in [-0.39, 0.29) is 5.56 Å². The highest BCUT2D eigenvalue weighted by Crippen LogP contribution is 2.30. The van der Waals surface area contributed by atoms with Gasteiger partial charge < -0.3 is 10.2 Å². The molecule has 0 saturated heterocycles. The lowest BCUT2D eigenvalue weighted by molar-refractivity contribution is -0.138. The number of phenols is 1. The molecule has 0 heterocycles. The van der Waals surface area contributed by atoms with Gasteiger partial charge in [-0.2, -0.15) is 0 Å². The second-order valence-corrected chi connectivity index (χ2v) is 3.27. The van der Waals surface area contributed by atoms with Gasteiger partial charge in [0.15, 0.2) is 0 Å². The minimum Gasteiger partial charge on any atom is -0.506 e. The first kappa shape index (κ1) is 10.8. The van der Waals surface area contributed by atoms with Crippen LogP contribution in [0.25, 0.3) is 0 Å². The fraction of sp³-hybridized carbons (Fsp3) is 0.222. The van der Waals surface area contributed by atoms with Crippen LogP contribution in [0.3, 0.4) is 0 Å². The highest BCUT2D eigenvalue weighted by Gasteiger charge is 2.17. The fourth-order valence-electron chi connectivity index (χ4n) is 0.988. The minimum absolute atomic E-state index is 0.178. The Balaban J connectivity index is 3.19. The molecular weight excluding hydrogens is 211 g/mol. The molecule has 14 heavy (non-hydrogen) atoms. The average molecular weight is 219 g/mol. The van der Waals surface area contributed by atoms with Gasteiger partial charge in [-0.05, 0) is 24.6 Å². The van der Waals surface area contributed by atoms with E-state index in [0.29, 0.717) is 0 Å². The van der Waals surface area contributed by atoms with Crippen molar-refractivity contribution in [3.8, 4) is 5.75 Å². The third-order valence-electron chi connectivity index (χ3n) is 1.90. The van der Waals surface area contributed by atoms with Gasteiger partial charge in [0.1, 0.15) is 16.6 Å². The summed E-state index contributed by atoms with van der Waals surface area (Å²) in [5, 5.41) is 17.4. The standard InChI is InChI=1S/C9H8ClFO3/c1-4(9(13)14)5-2-6(11)8(10)7(12)3-5/h2-4,12H,1H3,(H,13,14). The number of aliphatic carboxylic acids is 1. The van der Waals surface area contributed by atoms with E-state index in [1.165, 1.54) is 6.92 Å². The minimum atomic E-state index is -1.09. The van der Waals surface area contributed by atoms with Crippen LogP contribution in [-0.2, 0) is 4.79 Å². The van der Waals surface area contributed by atoms with Crippen molar-refractivity contribution in [3.63, 3.8) is 0 Å². The smallest absolute Gasteiger partial charge is 0.310 e. The van der Waals surface area contributed by atoms with Gasteiger partial charge >= 0.3 is 5.97 Å². The summed E-state index contributed by atoms with van der Waals surface area (Å²) in [5.41, 5.74) is 0.178. The van der Waals surface area contributed by atoms with Gasteiger partial charge in [-0.25, -0.2) is 4.39 Å². The predicted octanol–water partition coefficient (Wildman–Crippen LogP) is 2.37. The maximum absolute atomic E-state index is 13.0. The van der Waals surface area contributed by atoms with Crippen molar-refractivity contribution in [2.75, 3.05) is 0 Å². The van der Waals surface area contributed by atoms with Gasteiger partial charge in [-0.1, -0.05) is 11.6 Å². The summed E-state index contributed by atoms with van der Waals surface area (Å²) < 4.78 is 13.0. The molecule has 0 fully saturated rings. The first-order valence-corrected chi connectivity index (χ1v) is 4.22. The Morgan fingerprint density at radius 1 is 1.57 bits per heavy atom. The molecule has 5 heteroatoms. The van der Waals surface area contributed by atoms with Crippen molar-refractivity contribution in [3.05, 3.63) is 28.5 Å². The van der Waals surface area contributed by atoms with Crippen LogP contribution in [0.4, 0.5) is 4.39 Å². The third kappa shape index (κ3) is 1.96. The Labute approximate surface area is 84.7 Å². The van der Waals surface area contributed by atoms with Gasteiger partial charge in [0.2, 0.25) is 0 Å². The normalized spacial score (nSPS) is 12.5. The van der Waals surface area contributed by atoms with Crippen molar-refractivity contribution in [2.24, 2.45) is 0 Å². The van der Waals surface area contributed by atoms with Crippen molar-refractivity contribution in [2.45, 2.75) is 12.8 Å². The van der Waals surface area contributed by atoms with Crippen LogP contribution in [0.5, 0.6) is 5.75 Å². The number of carboxylic acid groups (broad SMARTS) is 1. The first-order valence-electron chi connectivity index (χ1n) is 3.84. The molecule has 0 saturated carbocycles. The zero-order chi connectivity index (χ0) is 10.9. The zero-order valence-corrected chi connectivity index (χ0v) is 8.05. The molecule has 1 aromatic rings. The van der Waals surface area contributed by atoms with E-state index in [4.69, 9.17) is 21.8 Å². The molecule has 1 rings (SSSR count). The summed E-state index contributed by atoms with van der Waals surface area (Å²) >= 11 is 5.36. The third-order valence-corrected chi connectivity index (χ3v) is 2.28. The number of halogens is 2. The lowest BCUT2D eigenvalue weighted by Gasteiger charge is -2.08. The SMILES string of the molecule is CC(C(=O)O)c1cc(O)c(Cl)c(F)c1. The number of phenolic OH excluding ortho intramolecular Hbond substituents is 1. The molecule has 0 aliphatic heterocycles. The summed E-state index contributed by atoms with van der Waals surface area (Å²) in [4.78, 5) is 10.6. The molecule has 1 atom stereocenters. The van der Waals surface area contributed by atoms with E-state index in [2.05, 4.69) is 0 Å². The maximum Gasteiger partial charge on any atom is 0.310 e. The Morgan fingerprint density at radius 2 is 2.14 bits per heavy atom. The number of hydrogen-bond acceptors (Lipinski definition) is 2. The van der Waals surface area contributed by atoms with Gasteiger partial charge in [0.25, 0.3) is 0 Å². The van der Waals surface area contributed by atoms with Crippen LogP contribution in [-0.4, -0.2) is 16.2 Å². The van der Waals surface area contributed by atoms with Crippen molar-refractivity contribution < 1.29 is 19.4 Å².